The molecule has 1 rings (SSSR count). The van der Waals surface area contributed by atoms with Crippen molar-refractivity contribution in [1.29, 1.82) is 0 Å². The molecule has 0 heterocycles. The van der Waals surface area contributed by atoms with E-state index >= 15 is 0 Å². The summed E-state index contributed by atoms with van der Waals surface area (Å²) in [6.07, 6.45) is 4.92. The van der Waals surface area contributed by atoms with Crippen molar-refractivity contribution in [2.24, 2.45) is 17.8 Å². The van der Waals surface area contributed by atoms with Gasteiger partial charge in [0.2, 0.25) is 0 Å². The number of carbonyl (C=O) groups is 3. The van der Waals surface area contributed by atoms with Gasteiger partial charge in [-0.25, -0.2) is 0 Å². The fourth-order valence-electron chi connectivity index (χ4n) is 3.18. The smallest absolute Gasteiger partial charge is 0.312 e. The van der Waals surface area contributed by atoms with E-state index in [4.69, 9.17) is 13.9 Å². The summed E-state index contributed by atoms with van der Waals surface area (Å²) in [5.74, 6) is -4.03. The Labute approximate surface area is 169 Å². The van der Waals surface area contributed by atoms with Crippen LogP contribution in [0.1, 0.15) is 33.6 Å². The summed E-state index contributed by atoms with van der Waals surface area (Å²) >= 11 is 0. The van der Waals surface area contributed by atoms with E-state index in [1.165, 1.54) is 20.3 Å². The molecule has 6 nitrogen and oxygen atoms in total. The lowest BCUT2D eigenvalue weighted by molar-refractivity contribution is -0.164. The third-order valence-electron chi connectivity index (χ3n) is 5.86. The molecular weight excluding hydrogens is 376 g/mol. The van der Waals surface area contributed by atoms with Gasteiger partial charge in [-0.2, -0.15) is 0 Å². The van der Waals surface area contributed by atoms with Gasteiger partial charge in [0.15, 0.2) is 14.1 Å². The Morgan fingerprint density at radius 3 is 2.14 bits per heavy atom. The molecule has 1 aliphatic rings. The van der Waals surface area contributed by atoms with E-state index in [9.17, 15) is 14.4 Å². The second-order valence-corrected chi connectivity index (χ2v) is 13.4. The minimum atomic E-state index is -2.30. The van der Waals surface area contributed by atoms with Crippen LogP contribution < -0.4 is 0 Å². The van der Waals surface area contributed by atoms with Crippen LogP contribution in [-0.2, 0) is 28.3 Å². The van der Waals surface area contributed by atoms with Crippen molar-refractivity contribution in [3.05, 3.63) is 24.8 Å². The zero-order chi connectivity index (χ0) is 21.7. The fraction of sp³-hybridized carbons (Fsp3) is 0.667. The van der Waals surface area contributed by atoms with Gasteiger partial charge in [0.1, 0.15) is 0 Å². The summed E-state index contributed by atoms with van der Waals surface area (Å²) in [5.41, 5.74) is 0. The molecule has 0 bridgehead atoms. The number of ketones is 1. The number of hydrogen-bond donors (Lipinski definition) is 0. The van der Waals surface area contributed by atoms with Crippen LogP contribution in [0, 0.1) is 17.8 Å². The third-order valence-corrected chi connectivity index (χ3v) is 10.3. The van der Waals surface area contributed by atoms with Crippen LogP contribution in [0.3, 0.4) is 0 Å². The SMILES string of the molecule is C=CCC[C@H]1C(=O)C=C[C@H](O[Si](C)(C)C(C)(C)C)[C@H](C(=O)OC)[C@H]1C(=O)OC. The van der Waals surface area contributed by atoms with Crippen LogP contribution in [0.4, 0.5) is 0 Å². The first-order chi connectivity index (χ1) is 12.9. The lowest BCUT2D eigenvalue weighted by Gasteiger charge is -2.41. The lowest BCUT2D eigenvalue weighted by atomic mass is 9.76. The maximum atomic E-state index is 12.8. The highest BCUT2D eigenvalue weighted by atomic mass is 28.4. The van der Waals surface area contributed by atoms with Gasteiger partial charge in [-0.05, 0) is 37.0 Å². The summed E-state index contributed by atoms with van der Waals surface area (Å²) in [6.45, 7) is 14.1. The Bertz CT molecular complexity index is 631. The Kier molecular flexibility index (Phi) is 8.38. The van der Waals surface area contributed by atoms with Gasteiger partial charge in [0.05, 0.1) is 32.2 Å². The van der Waals surface area contributed by atoms with Crippen LogP contribution in [0.5, 0.6) is 0 Å². The summed E-state index contributed by atoms with van der Waals surface area (Å²) in [7, 11) is 0.233. The summed E-state index contributed by atoms with van der Waals surface area (Å²) in [5, 5.41) is -0.110. The third kappa shape index (κ3) is 5.41. The standard InChI is InChI=1S/C21H34O6Si/c1-9-10-11-14-15(22)12-13-16(27-28(7,8)21(2,3)4)18(20(24)26-6)17(14)19(23)25-5/h9,12-14,16-18H,1,10-11H2,2-8H3/t14-,16-,17-,18-/m0/s1. The van der Waals surface area contributed by atoms with Gasteiger partial charge in [0, 0.05) is 5.92 Å². The molecular formula is C21H34O6Si. The molecule has 0 saturated carbocycles. The molecule has 7 heteroatoms. The quantitative estimate of drug-likeness (QED) is 0.362. The molecule has 0 N–H and O–H groups in total. The number of hydrogen-bond acceptors (Lipinski definition) is 6. The number of methoxy groups -OCH3 is 2. The predicted molar refractivity (Wildman–Crippen MR) is 110 cm³/mol. The summed E-state index contributed by atoms with van der Waals surface area (Å²) in [4.78, 5) is 38.3. The highest BCUT2D eigenvalue weighted by Gasteiger charge is 2.50. The molecule has 158 valence electrons. The molecule has 0 saturated heterocycles. The number of allylic oxidation sites excluding steroid dienone is 2. The number of carbonyl (C=O) groups excluding carboxylic acids is 3. The van der Waals surface area contributed by atoms with E-state index in [1.807, 2.05) is 0 Å². The van der Waals surface area contributed by atoms with E-state index in [0.717, 1.165) is 0 Å². The largest absolute Gasteiger partial charge is 0.469 e. The normalized spacial score (nSPS) is 25.8. The topological polar surface area (TPSA) is 78.9 Å². The zero-order valence-corrected chi connectivity index (χ0v) is 19.1. The Balaban J connectivity index is 3.49. The molecule has 1 aliphatic carbocycles. The monoisotopic (exact) mass is 410 g/mol. The van der Waals surface area contributed by atoms with Gasteiger partial charge >= 0.3 is 11.9 Å². The number of ether oxygens (including phenoxy) is 2. The van der Waals surface area contributed by atoms with Gasteiger partial charge < -0.3 is 13.9 Å². The second kappa shape index (κ2) is 9.65. The van der Waals surface area contributed by atoms with Gasteiger partial charge in [-0.3, -0.25) is 14.4 Å². The maximum absolute atomic E-state index is 12.8. The molecule has 0 amide bonds. The van der Waals surface area contributed by atoms with Crippen molar-refractivity contribution in [3.63, 3.8) is 0 Å². The van der Waals surface area contributed by atoms with Crippen molar-refractivity contribution >= 4 is 26.0 Å². The van der Waals surface area contributed by atoms with E-state index < -0.39 is 44.1 Å². The Morgan fingerprint density at radius 2 is 1.68 bits per heavy atom. The molecule has 28 heavy (non-hydrogen) atoms. The molecule has 0 aromatic carbocycles. The van der Waals surface area contributed by atoms with Crippen molar-refractivity contribution in [1.82, 2.24) is 0 Å². The molecule has 0 aromatic rings. The van der Waals surface area contributed by atoms with Gasteiger partial charge in [-0.15, -0.1) is 6.58 Å². The van der Waals surface area contributed by atoms with Crippen LogP contribution in [0.25, 0.3) is 0 Å². The van der Waals surface area contributed by atoms with Gasteiger partial charge in [-0.1, -0.05) is 32.9 Å². The molecule has 0 aromatic heterocycles. The predicted octanol–water partition coefficient (Wildman–Crippen LogP) is 3.68. The van der Waals surface area contributed by atoms with Crippen molar-refractivity contribution in [2.45, 2.75) is 57.8 Å². The van der Waals surface area contributed by atoms with Crippen LogP contribution in [0.2, 0.25) is 18.1 Å². The van der Waals surface area contributed by atoms with Crippen molar-refractivity contribution < 1.29 is 28.3 Å². The van der Waals surface area contributed by atoms with Crippen LogP contribution in [0.15, 0.2) is 24.8 Å². The van der Waals surface area contributed by atoms with E-state index in [2.05, 4.69) is 40.4 Å². The molecule has 0 radical (unpaired) electrons. The van der Waals surface area contributed by atoms with E-state index in [0.29, 0.717) is 12.8 Å². The highest BCUT2D eigenvalue weighted by molar-refractivity contribution is 6.74. The molecule has 0 fully saturated rings. The fourth-order valence-corrected chi connectivity index (χ4v) is 4.44. The molecule has 4 atom stereocenters. The summed E-state index contributed by atoms with van der Waals surface area (Å²) in [6, 6.07) is 0. The lowest BCUT2D eigenvalue weighted by Crippen LogP contribution is -2.50. The Morgan fingerprint density at radius 1 is 1.14 bits per heavy atom. The highest BCUT2D eigenvalue weighted by Crippen LogP contribution is 2.41. The van der Waals surface area contributed by atoms with E-state index in [1.54, 1.807) is 12.2 Å². The first kappa shape index (κ1) is 24.3. The summed E-state index contributed by atoms with van der Waals surface area (Å²) < 4.78 is 16.4. The zero-order valence-electron chi connectivity index (χ0n) is 18.1. The van der Waals surface area contributed by atoms with Gasteiger partial charge in [0.25, 0.3) is 0 Å². The van der Waals surface area contributed by atoms with Crippen LogP contribution >= 0.6 is 0 Å². The average Bonchev–Trinajstić information content (AvgIpc) is 2.74. The Hall–Kier alpha value is -1.73. The van der Waals surface area contributed by atoms with Crippen LogP contribution in [-0.4, -0.2) is 46.4 Å². The van der Waals surface area contributed by atoms with E-state index in [-0.39, 0.29) is 10.8 Å². The molecule has 0 aliphatic heterocycles. The second-order valence-electron chi connectivity index (χ2n) is 8.67. The average molecular weight is 411 g/mol. The minimum Gasteiger partial charge on any atom is -0.469 e. The maximum Gasteiger partial charge on any atom is 0.312 e. The first-order valence-electron chi connectivity index (χ1n) is 9.57. The first-order valence-corrected chi connectivity index (χ1v) is 12.5. The molecule has 0 unspecified atom stereocenters. The number of esters is 2. The number of rotatable bonds is 7. The minimum absolute atomic E-state index is 0.110. The van der Waals surface area contributed by atoms with Crippen molar-refractivity contribution in [2.75, 3.05) is 14.2 Å². The van der Waals surface area contributed by atoms with Crippen molar-refractivity contribution in [3.8, 4) is 0 Å². The molecule has 0 spiro atoms.